The van der Waals surface area contributed by atoms with E-state index < -0.39 is 11.5 Å². The quantitative estimate of drug-likeness (QED) is 0.734. The first-order valence-corrected chi connectivity index (χ1v) is 9.11. The minimum atomic E-state index is -1.02. The van der Waals surface area contributed by atoms with Gasteiger partial charge in [0, 0.05) is 19.6 Å². The number of carboxylic acid groups (broad SMARTS) is 1. The van der Waals surface area contributed by atoms with Crippen molar-refractivity contribution in [1.29, 1.82) is 0 Å². The Morgan fingerprint density at radius 1 is 1.41 bits per heavy atom. The van der Waals surface area contributed by atoms with E-state index in [1.54, 1.807) is 18.2 Å². The summed E-state index contributed by atoms with van der Waals surface area (Å²) in [6.07, 6.45) is 1.66. The zero-order valence-corrected chi connectivity index (χ0v) is 15.4. The fourth-order valence-electron chi connectivity index (χ4n) is 3.06. The molecule has 1 saturated heterocycles. The van der Waals surface area contributed by atoms with Crippen molar-refractivity contribution in [3.63, 3.8) is 0 Å². The molecule has 1 fully saturated rings. The van der Waals surface area contributed by atoms with Gasteiger partial charge in [-0.3, -0.25) is 19.0 Å². The molecular formula is C18H20ClN3O5. The monoisotopic (exact) mass is 393 g/mol. The number of fused-ring (bicyclic) bond motifs is 1. The Morgan fingerprint density at radius 3 is 2.93 bits per heavy atom. The van der Waals surface area contributed by atoms with Gasteiger partial charge in [-0.25, -0.2) is 4.98 Å². The summed E-state index contributed by atoms with van der Waals surface area (Å²) < 4.78 is 6.68. The Kier molecular flexibility index (Phi) is 6.08. The number of halogens is 1. The number of hydrogen-bond acceptors (Lipinski definition) is 5. The van der Waals surface area contributed by atoms with E-state index in [1.165, 1.54) is 4.57 Å². The molecule has 1 amide bonds. The van der Waals surface area contributed by atoms with E-state index in [1.807, 2.05) is 0 Å². The molecule has 144 valence electrons. The van der Waals surface area contributed by atoms with Crippen molar-refractivity contribution in [2.45, 2.75) is 38.3 Å². The molecule has 1 aliphatic heterocycles. The van der Waals surface area contributed by atoms with Crippen LogP contribution in [0, 0.1) is 0 Å². The number of carbonyl (C=O) groups excluding carboxylic acids is 1. The van der Waals surface area contributed by atoms with Crippen LogP contribution in [0.4, 0.5) is 0 Å². The summed E-state index contributed by atoms with van der Waals surface area (Å²) in [6.45, 7) is 0.829. The summed E-state index contributed by atoms with van der Waals surface area (Å²) in [4.78, 5) is 40.5. The molecule has 0 spiro atoms. The zero-order chi connectivity index (χ0) is 19.4. The van der Waals surface area contributed by atoms with Gasteiger partial charge in [-0.2, -0.15) is 0 Å². The molecule has 8 nitrogen and oxygen atoms in total. The van der Waals surface area contributed by atoms with Crippen LogP contribution < -0.4 is 10.9 Å². The first-order chi connectivity index (χ1) is 13.0. The SMILES string of the molecule is O=C(O)CCc1nc2c(Cl)cccc2c(=O)n1CC(=O)NCC1CCCO1. The van der Waals surface area contributed by atoms with Gasteiger partial charge in [-0.15, -0.1) is 0 Å². The Bertz CT molecular complexity index is 921. The number of aromatic nitrogens is 2. The Labute approximate surface area is 160 Å². The molecule has 0 aliphatic carbocycles. The molecule has 2 heterocycles. The van der Waals surface area contributed by atoms with E-state index in [-0.39, 0.29) is 42.6 Å². The molecule has 9 heteroatoms. The molecule has 1 aliphatic rings. The zero-order valence-electron chi connectivity index (χ0n) is 14.6. The number of carbonyl (C=O) groups is 2. The maximum absolute atomic E-state index is 12.9. The standard InChI is InChI=1S/C18H20ClN3O5/c19-13-5-1-4-12-17(13)21-14(6-7-16(24)25)22(18(12)26)10-15(23)20-9-11-3-2-8-27-11/h1,4-5,11H,2-3,6-10H2,(H,20,23)(H,24,25). The first-order valence-electron chi connectivity index (χ1n) is 8.73. The van der Waals surface area contributed by atoms with Crippen LogP contribution in [0.1, 0.15) is 25.1 Å². The van der Waals surface area contributed by atoms with Gasteiger partial charge in [0.2, 0.25) is 5.91 Å². The summed E-state index contributed by atoms with van der Waals surface area (Å²) in [5, 5.41) is 12.3. The number of hydrogen-bond donors (Lipinski definition) is 2. The van der Waals surface area contributed by atoms with Gasteiger partial charge in [0.15, 0.2) is 0 Å². The van der Waals surface area contributed by atoms with Gasteiger partial charge in [-0.1, -0.05) is 17.7 Å². The minimum Gasteiger partial charge on any atom is -0.481 e. The van der Waals surface area contributed by atoms with Crippen molar-refractivity contribution in [3.8, 4) is 0 Å². The van der Waals surface area contributed by atoms with Crippen LogP contribution in [0.15, 0.2) is 23.0 Å². The van der Waals surface area contributed by atoms with Crippen LogP contribution in [0.5, 0.6) is 0 Å². The fraction of sp³-hybridized carbons (Fsp3) is 0.444. The Hall–Kier alpha value is -2.45. The molecule has 2 aromatic rings. The second-order valence-corrected chi connectivity index (χ2v) is 6.80. The summed E-state index contributed by atoms with van der Waals surface area (Å²) in [7, 11) is 0. The molecule has 27 heavy (non-hydrogen) atoms. The molecule has 3 rings (SSSR count). The van der Waals surface area contributed by atoms with Gasteiger partial charge in [0.1, 0.15) is 12.4 Å². The first kappa shape index (κ1) is 19.3. The van der Waals surface area contributed by atoms with Crippen molar-refractivity contribution in [2.75, 3.05) is 13.2 Å². The maximum Gasteiger partial charge on any atom is 0.303 e. The smallest absolute Gasteiger partial charge is 0.303 e. The van der Waals surface area contributed by atoms with Crippen molar-refractivity contribution < 1.29 is 19.4 Å². The van der Waals surface area contributed by atoms with Crippen LogP contribution in [0.25, 0.3) is 10.9 Å². The van der Waals surface area contributed by atoms with Crippen molar-refractivity contribution >= 4 is 34.4 Å². The normalized spacial score (nSPS) is 16.6. The number of ether oxygens (including phenoxy) is 1. The predicted molar refractivity (Wildman–Crippen MR) is 99.0 cm³/mol. The summed E-state index contributed by atoms with van der Waals surface area (Å²) in [5.41, 5.74) is -0.115. The van der Waals surface area contributed by atoms with E-state index in [0.29, 0.717) is 23.7 Å². The Balaban J connectivity index is 1.87. The molecule has 1 unspecified atom stereocenters. The highest BCUT2D eigenvalue weighted by atomic mass is 35.5. The number of rotatable bonds is 7. The number of para-hydroxylation sites is 1. The lowest BCUT2D eigenvalue weighted by atomic mass is 10.2. The third kappa shape index (κ3) is 4.64. The number of nitrogens with zero attached hydrogens (tertiary/aromatic N) is 2. The molecule has 0 bridgehead atoms. The lowest BCUT2D eigenvalue weighted by Crippen LogP contribution is -2.38. The Morgan fingerprint density at radius 2 is 2.22 bits per heavy atom. The highest BCUT2D eigenvalue weighted by Gasteiger charge is 2.19. The molecule has 1 aromatic heterocycles. The number of aryl methyl sites for hydroxylation is 1. The van der Waals surface area contributed by atoms with E-state index in [9.17, 15) is 14.4 Å². The largest absolute Gasteiger partial charge is 0.481 e. The second kappa shape index (κ2) is 8.49. The van der Waals surface area contributed by atoms with Crippen LogP contribution >= 0.6 is 11.6 Å². The van der Waals surface area contributed by atoms with Gasteiger partial charge >= 0.3 is 5.97 Å². The van der Waals surface area contributed by atoms with Crippen molar-refractivity contribution in [3.05, 3.63) is 39.4 Å². The minimum absolute atomic E-state index is 0.00862. The fourth-order valence-corrected chi connectivity index (χ4v) is 3.28. The van der Waals surface area contributed by atoms with Crippen LogP contribution in [-0.2, 0) is 27.3 Å². The average Bonchev–Trinajstić information content (AvgIpc) is 3.15. The lowest BCUT2D eigenvalue weighted by Gasteiger charge is -2.15. The maximum atomic E-state index is 12.9. The topological polar surface area (TPSA) is 111 Å². The average molecular weight is 394 g/mol. The van der Waals surface area contributed by atoms with Crippen LogP contribution in [0.2, 0.25) is 5.02 Å². The number of benzene rings is 1. The van der Waals surface area contributed by atoms with Gasteiger partial charge < -0.3 is 15.2 Å². The van der Waals surface area contributed by atoms with E-state index in [2.05, 4.69) is 10.3 Å². The number of nitrogens with one attached hydrogen (secondary N) is 1. The summed E-state index contributed by atoms with van der Waals surface area (Å²) in [5.74, 6) is -1.15. The number of amides is 1. The van der Waals surface area contributed by atoms with Crippen molar-refractivity contribution in [2.24, 2.45) is 0 Å². The predicted octanol–water partition coefficient (Wildman–Crippen LogP) is 1.36. The highest BCUT2D eigenvalue weighted by Crippen LogP contribution is 2.19. The van der Waals surface area contributed by atoms with Crippen LogP contribution in [-0.4, -0.2) is 45.8 Å². The van der Waals surface area contributed by atoms with Gasteiger partial charge in [0.05, 0.1) is 28.5 Å². The summed E-state index contributed by atoms with van der Waals surface area (Å²) in [6, 6.07) is 4.82. The highest BCUT2D eigenvalue weighted by molar-refractivity contribution is 6.34. The molecule has 1 atom stereocenters. The van der Waals surface area contributed by atoms with E-state index >= 15 is 0 Å². The van der Waals surface area contributed by atoms with Crippen molar-refractivity contribution in [1.82, 2.24) is 14.9 Å². The molecule has 0 saturated carbocycles. The molecule has 0 radical (unpaired) electrons. The second-order valence-electron chi connectivity index (χ2n) is 6.39. The van der Waals surface area contributed by atoms with E-state index in [0.717, 1.165) is 12.8 Å². The third-order valence-electron chi connectivity index (χ3n) is 4.43. The van der Waals surface area contributed by atoms with Gasteiger partial charge in [-0.05, 0) is 25.0 Å². The number of carboxylic acids is 1. The van der Waals surface area contributed by atoms with Crippen LogP contribution in [0.3, 0.4) is 0 Å². The summed E-state index contributed by atoms with van der Waals surface area (Å²) >= 11 is 6.12. The van der Waals surface area contributed by atoms with E-state index in [4.69, 9.17) is 21.4 Å². The molecule has 1 aromatic carbocycles. The molecular weight excluding hydrogens is 374 g/mol. The molecule has 2 N–H and O–H groups in total. The third-order valence-corrected chi connectivity index (χ3v) is 4.73. The lowest BCUT2D eigenvalue weighted by molar-refractivity contribution is -0.137. The number of aliphatic carboxylic acids is 1. The van der Waals surface area contributed by atoms with Gasteiger partial charge in [0.25, 0.3) is 5.56 Å².